The second-order valence-electron chi connectivity index (χ2n) is 5.35. The normalized spacial score (nSPS) is 10.9. The number of rotatable bonds is 5. The number of aryl methyl sites for hydroxylation is 1. The molecule has 2 rings (SSSR count). The largest absolute Gasteiger partial charge is 0.481 e. The minimum atomic E-state index is -0.890. The van der Waals surface area contributed by atoms with Gasteiger partial charge >= 0.3 is 5.97 Å². The van der Waals surface area contributed by atoms with Crippen molar-refractivity contribution in [2.24, 2.45) is 0 Å². The lowest BCUT2D eigenvalue weighted by atomic mass is 10.0. The van der Waals surface area contributed by atoms with Crippen LogP contribution >= 0.6 is 0 Å². The standard InChI is InChI=1S/C16H20N2O3/c1-10(2)15-13(9-14(19)20)16(21-4)18(17-15)12-7-5-11(3)6-8-12/h5-8,10H,9H2,1-4H3,(H,19,20). The van der Waals surface area contributed by atoms with Gasteiger partial charge in [0, 0.05) is 5.56 Å². The molecule has 2 aromatic rings. The number of benzene rings is 1. The Bertz CT molecular complexity index is 642. The third-order valence-corrected chi connectivity index (χ3v) is 3.31. The van der Waals surface area contributed by atoms with E-state index in [2.05, 4.69) is 5.10 Å². The molecule has 0 fully saturated rings. The summed E-state index contributed by atoms with van der Waals surface area (Å²) in [6.07, 6.45) is -0.0947. The fourth-order valence-corrected chi connectivity index (χ4v) is 2.30. The predicted octanol–water partition coefficient (Wildman–Crippen LogP) is 2.94. The number of aromatic nitrogens is 2. The molecule has 0 aliphatic heterocycles. The fraction of sp³-hybridized carbons (Fsp3) is 0.375. The van der Waals surface area contributed by atoms with Crippen LogP contribution in [0.4, 0.5) is 0 Å². The number of aliphatic carboxylic acids is 1. The average Bonchev–Trinajstić information content (AvgIpc) is 2.77. The summed E-state index contributed by atoms with van der Waals surface area (Å²) < 4.78 is 7.10. The summed E-state index contributed by atoms with van der Waals surface area (Å²) in [6, 6.07) is 7.86. The van der Waals surface area contributed by atoms with Gasteiger partial charge in [-0.2, -0.15) is 5.10 Å². The molecule has 0 aliphatic rings. The van der Waals surface area contributed by atoms with Crippen LogP contribution in [0.25, 0.3) is 5.69 Å². The number of carboxylic acids is 1. The zero-order valence-electron chi connectivity index (χ0n) is 12.8. The molecular formula is C16H20N2O3. The lowest BCUT2D eigenvalue weighted by Crippen LogP contribution is -2.05. The van der Waals surface area contributed by atoms with Crippen LogP contribution in [0.15, 0.2) is 24.3 Å². The monoisotopic (exact) mass is 288 g/mol. The number of hydrogen-bond donors (Lipinski definition) is 1. The summed E-state index contributed by atoms with van der Waals surface area (Å²) in [7, 11) is 1.54. The topological polar surface area (TPSA) is 64.3 Å². The molecule has 1 heterocycles. The zero-order valence-corrected chi connectivity index (χ0v) is 12.8. The number of carboxylic acid groups (broad SMARTS) is 1. The quantitative estimate of drug-likeness (QED) is 0.918. The van der Waals surface area contributed by atoms with Gasteiger partial charge in [-0.3, -0.25) is 4.79 Å². The Balaban J connectivity index is 2.60. The van der Waals surface area contributed by atoms with Crippen LogP contribution in [0, 0.1) is 6.92 Å². The van der Waals surface area contributed by atoms with Crippen molar-refractivity contribution in [3.05, 3.63) is 41.1 Å². The molecule has 5 heteroatoms. The third kappa shape index (κ3) is 3.07. The Labute approximate surface area is 124 Å². The molecule has 1 aromatic carbocycles. The highest BCUT2D eigenvalue weighted by Crippen LogP contribution is 2.30. The van der Waals surface area contributed by atoms with E-state index in [1.807, 2.05) is 45.0 Å². The molecule has 1 N–H and O–H groups in total. The van der Waals surface area contributed by atoms with Crippen molar-refractivity contribution in [2.45, 2.75) is 33.1 Å². The number of hydrogen-bond acceptors (Lipinski definition) is 3. The molecule has 0 atom stereocenters. The maximum atomic E-state index is 11.1. The van der Waals surface area contributed by atoms with Crippen LogP contribution in [0.3, 0.4) is 0 Å². The van der Waals surface area contributed by atoms with Gasteiger partial charge in [-0.15, -0.1) is 0 Å². The van der Waals surface area contributed by atoms with Gasteiger partial charge in [-0.05, 0) is 25.0 Å². The third-order valence-electron chi connectivity index (χ3n) is 3.31. The molecule has 21 heavy (non-hydrogen) atoms. The summed E-state index contributed by atoms with van der Waals surface area (Å²) in [4.78, 5) is 11.1. The summed E-state index contributed by atoms with van der Waals surface area (Å²) in [5, 5.41) is 13.7. The number of ether oxygens (including phenoxy) is 1. The molecule has 0 saturated heterocycles. The van der Waals surface area contributed by atoms with Crippen molar-refractivity contribution in [2.75, 3.05) is 7.11 Å². The van der Waals surface area contributed by atoms with Gasteiger partial charge in [0.2, 0.25) is 5.88 Å². The smallest absolute Gasteiger partial charge is 0.308 e. The Hall–Kier alpha value is -2.30. The first-order valence-corrected chi connectivity index (χ1v) is 6.88. The molecule has 0 unspecified atom stereocenters. The van der Waals surface area contributed by atoms with Crippen molar-refractivity contribution in [3.63, 3.8) is 0 Å². The molecule has 112 valence electrons. The van der Waals surface area contributed by atoms with Gasteiger partial charge in [0.15, 0.2) is 0 Å². The second kappa shape index (κ2) is 5.99. The van der Waals surface area contributed by atoms with Crippen molar-refractivity contribution in [3.8, 4) is 11.6 Å². The van der Waals surface area contributed by atoms with E-state index in [1.54, 1.807) is 4.68 Å². The molecule has 0 aliphatic carbocycles. The highest BCUT2D eigenvalue weighted by molar-refractivity contribution is 5.72. The van der Waals surface area contributed by atoms with Crippen molar-refractivity contribution < 1.29 is 14.6 Å². The maximum absolute atomic E-state index is 11.1. The zero-order chi connectivity index (χ0) is 15.6. The van der Waals surface area contributed by atoms with Gasteiger partial charge in [0.1, 0.15) is 0 Å². The fourth-order valence-electron chi connectivity index (χ4n) is 2.30. The minimum Gasteiger partial charge on any atom is -0.481 e. The van der Waals surface area contributed by atoms with Crippen LogP contribution < -0.4 is 4.74 Å². The van der Waals surface area contributed by atoms with E-state index in [1.165, 1.54) is 7.11 Å². The van der Waals surface area contributed by atoms with Crippen molar-refractivity contribution in [1.82, 2.24) is 9.78 Å². The van der Waals surface area contributed by atoms with E-state index in [0.29, 0.717) is 11.4 Å². The Morgan fingerprint density at radius 3 is 2.43 bits per heavy atom. The minimum absolute atomic E-state index is 0.0947. The molecule has 0 amide bonds. The van der Waals surface area contributed by atoms with Gasteiger partial charge in [-0.25, -0.2) is 4.68 Å². The average molecular weight is 288 g/mol. The van der Waals surface area contributed by atoms with Crippen LogP contribution in [0.2, 0.25) is 0 Å². The maximum Gasteiger partial charge on any atom is 0.308 e. The van der Waals surface area contributed by atoms with Crippen LogP contribution in [0.1, 0.15) is 36.6 Å². The van der Waals surface area contributed by atoms with Crippen LogP contribution in [-0.2, 0) is 11.2 Å². The highest BCUT2D eigenvalue weighted by atomic mass is 16.5. The predicted molar refractivity (Wildman–Crippen MR) is 80.3 cm³/mol. The van der Waals surface area contributed by atoms with E-state index in [9.17, 15) is 4.79 Å². The van der Waals surface area contributed by atoms with E-state index in [-0.39, 0.29) is 12.3 Å². The number of carbonyl (C=O) groups is 1. The highest BCUT2D eigenvalue weighted by Gasteiger charge is 2.23. The first kappa shape index (κ1) is 15.1. The summed E-state index contributed by atoms with van der Waals surface area (Å²) in [5.41, 5.74) is 3.41. The first-order valence-electron chi connectivity index (χ1n) is 6.88. The van der Waals surface area contributed by atoms with Gasteiger partial charge < -0.3 is 9.84 Å². The summed E-state index contributed by atoms with van der Waals surface area (Å²) in [5.74, 6) is -0.274. The van der Waals surface area contributed by atoms with E-state index >= 15 is 0 Å². The van der Waals surface area contributed by atoms with Gasteiger partial charge in [-0.1, -0.05) is 31.5 Å². The van der Waals surface area contributed by atoms with Crippen molar-refractivity contribution >= 4 is 5.97 Å². The number of methoxy groups -OCH3 is 1. The Morgan fingerprint density at radius 1 is 1.33 bits per heavy atom. The van der Waals surface area contributed by atoms with Crippen LogP contribution in [0.5, 0.6) is 5.88 Å². The van der Waals surface area contributed by atoms with E-state index in [4.69, 9.17) is 9.84 Å². The molecular weight excluding hydrogens is 268 g/mol. The van der Waals surface area contributed by atoms with Gasteiger partial charge in [0.05, 0.1) is 24.9 Å². The van der Waals surface area contributed by atoms with Crippen LogP contribution in [-0.4, -0.2) is 28.0 Å². The van der Waals surface area contributed by atoms with Crippen molar-refractivity contribution in [1.29, 1.82) is 0 Å². The SMILES string of the molecule is COc1c(CC(=O)O)c(C(C)C)nn1-c1ccc(C)cc1. The van der Waals surface area contributed by atoms with E-state index in [0.717, 1.165) is 16.9 Å². The molecule has 0 saturated carbocycles. The molecule has 0 bridgehead atoms. The lowest BCUT2D eigenvalue weighted by Gasteiger charge is -2.07. The summed E-state index contributed by atoms with van der Waals surface area (Å²) >= 11 is 0. The molecule has 0 spiro atoms. The van der Waals surface area contributed by atoms with E-state index < -0.39 is 5.97 Å². The molecule has 1 aromatic heterocycles. The lowest BCUT2D eigenvalue weighted by molar-refractivity contribution is -0.136. The molecule has 0 radical (unpaired) electrons. The molecule has 5 nitrogen and oxygen atoms in total. The first-order chi connectivity index (χ1) is 9.93. The van der Waals surface area contributed by atoms with Gasteiger partial charge in [0.25, 0.3) is 0 Å². The second-order valence-corrected chi connectivity index (χ2v) is 5.35. The Kier molecular flexibility index (Phi) is 4.31. The number of nitrogens with zero attached hydrogens (tertiary/aromatic N) is 2. The summed E-state index contributed by atoms with van der Waals surface area (Å²) in [6.45, 7) is 6.00. The Morgan fingerprint density at radius 2 is 1.95 bits per heavy atom.